The van der Waals surface area contributed by atoms with Crippen LogP contribution in [0.3, 0.4) is 0 Å². The third kappa shape index (κ3) is 3.74. The molecule has 0 atom stereocenters. The smallest absolute Gasteiger partial charge is 0.231 e. The first kappa shape index (κ1) is 17.4. The number of ether oxygens (including phenoxy) is 2. The summed E-state index contributed by atoms with van der Waals surface area (Å²) in [6.45, 7) is 0. The van der Waals surface area contributed by atoms with Crippen LogP contribution in [0.2, 0.25) is 0 Å². The van der Waals surface area contributed by atoms with E-state index in [0.717, 1.165) is 35.6 Å². The van der Waals surface area contributed by atoms with Crippen LogP contribution in [0.1, 0.15) is 32.1 Å². The van der Waals surface area contributed by atoms with E-state index in [4.69, 9.17) is 9.47 Å². The van der Waals surface area contributed by atoms with Gasteiger partial charge in [-0.2, -0.15) is 9.97 Å². The molecule has 4 rings (SSSR count). The van der Waals surface area contributed by atoms with Crippen LogP contribution < -0.4 is 20.1 Å². The molecule has 0 unspecified atom stereocenters. The number of imidazole rings is 1. The molecule has 2 heterocycles. The molecule has 1 fully saturated rings. The van der Waals surface area contributed by atoms with Crippen LogP contribution in [0.5, 0.6) is 11.5 Å². The quantitative estimate of drug-likeness (QED) is 0.608. The van der Waals surface area contributed by atoms with Crippen LogP contribution in [-0.4, -0.2) is 40.2 Å². The number of aromatic amines is 1. The van der Waals surface area contributed by atoms with E-state index in [9.17, 15) is 0 Å². The number of aromatic nitrogens is 4. The number of nitrogens with zero attached hydrogens (tertiary/aromatic N) is 3. The van der Waals surface area contributed by atoms with Crippen molar-refractivity contribution in [2.75, 3.05) is 24.9 Å². The van der Waals surface area contributed by atoms with E-state index in [-0.39, 0.29) is 0 Å². The fourth-order valence-electron chi connectivity index (χ4n) is 3.46. The number of rotatable bonds is 6. The van der Waals surface area contributed by atoms with Gasteiger partial charge in [-0.05, 0) is 25.0 Å². The van der Waals surface area contributed by atoms with Crippen LogP contribution in [0.25, 0.3) is 11.2 Å². The van der Waals surface area contributed by atoms with E-state index in [1.165, 1.54) is 19.3 Å². The average molecular weight is 368 g/mol. The summed E-state index contributed by atoms with van der Waals surface area (Å²) in [6, 6.07) is 5.99. The molecule has 1 saturated carbocycles. The van der Waals surface area contributed by atoms with Gasteiger partial charge < -0.3 is 25.1 Å². The minimum Gasteiger partial charge on any atom is -0.497 e. The van der Waals surface area contributed by atoms with Gasteiger partial charge in [-0.25, -0.2) is 4.98 Å². The van der Waals surface area contributed by atoms with Crippen molar-refractivity contribution in [1.82, 2.24) is 19.9 Å². The number of methoxy groups -OCH3 is 2. The number of hydrogen-bond donors (Lipinski definition) is 3. The molecule has 3 N–H and O–H groups in total. The van der Waals surface area contributed by atoms with Crippen LogP contribution in [-0.2, 0) is 0 Å². The summed E-state index contributed by atoms with van der Waals surface area (Å²) in [7, 11) is 3.24. The minimum absolute atomic E-state index is 0.434. The van der Waals surface area contributed by atoms with E-state index < -0.39 is 0 Å². The number of H-pyrrole nitrogens is 1. The van der Waals surface area contributed by atoms with Crippen molar-refractivity contribution in [2.45, 2.75) is 38.1 Å². The van der Waals surface area contributed by atoms with Gasteiger partial charge in [0.2, 0.25) is 5.95 Å². The lowest BCUT2D eigenvalue weighted by Crippen LogP contribution is -2.23. The molecular weight excluding hydrogens is 344 g/mol. The zero-order valence-electron chi connectivity index (χ0n) is 15.6. The second-order valence-corrected chi connectivity index (χ2v) is 6.67. The third-order valence-electron chi connectivity index (χ3n) is 4.89. The summed E-state index contributed by atoms with van der Waals surface area (Å²) in [4.78, 5) is 16.6. The molecule has 2 aromatic heterocycles. The van der Waals surface area contributed by atoms with Gasteiger partial charge in [0.1, 0.15) is 17.0 Å². The fourth-order valence-corrected chi connectivity index (χ4v) is 3.46. The van der Waals surface area contributed by atoms with Gasteiger partial charge in [0.15, 0.2) is 11.5 Å². The molecule has 27 heavy (non-hydrogen) atoms. The molecule has 0 saturated heterocycles. The highest BCUT2D eigenvalue weighted by Gasteiger charge is 2.17. The van der Waals surface area contributed by atoms with Gasteiger partial charge in [-0.15, -0.1) is 0 Å². The summed E-state index contributed by atoms with van der Waals surface area (Å²) in [5, 5.41) is 6.81. The number of benzene rings is 1. The molecule has 142 valence electrons. The first-order valence-electron chi connectivity index (χ1n) is 9.23. The average Bonchev–Trinajstić information content (AvgIpc) is 3.18. The first-order valence-corrected chi connectivity index (χ1v) is 9.23. The van der Waals surface area contributed by atoms with Gasteiger partial charge in [-0.3, -0.25) is 0 Å². The lowest BCUT2D eigenvalue weighted by molar-refractivity contribution is 0.395. The number of nitrogens with one attached hydrogen (secondary N) is 3. The summed E-state index contributed by atoms with van der Waals surface area (Å²) >= 11 is 0. The van der Waals surface area contributed by atoms with E-state index in [1.807, 2.05) is 18.2 Å². The van der Waals surface area contributed by atoms with Crippen molar-refractivity contribution in [2.24, 2.45) is 0 Å². The highest BCUT2D eigenvalue weighted by molar-refractivity contribution is 5.84. The third-order valence-corrected chi connectivity index (χ3v) is 4.89. The molecule has 0 spiro atoms. The zero-order chi connectivity index (χ0) is 18.6. The molecule has 1 aliphatic carbocycles. The molecular formula is C19H24N6O2. The molecule has 0 aliphatic heterocycles. The van der Waals surface area contributed by atoms with Crippen molar-refractivity contribution in [3.8, 4) is 11.5 Å². The maximum absolute atomic E-state index is 5.45. The molecule has 1 aliphatic rings. The molecule has 0 bridgehead atoms. The lowest BCUT2D eigenvalue weighted by atomic mass is 9.95. The van der Waals surface area contributed by atoms with E-state index in [1.54, 1.807) is 20.5 Å². The molecule has 3 aromatic rings. The van der Waals surface area contributed by atoms with Crippen LogP contribution in [0.15, 0.2) is 24.5 Å². The van der Waals surface area contributed by atoms with E-state index in [0.29, 0.717) is 23.4 Å². The Morgan fingerprint density at radius 2 is 1.93 bits per heavy atom. The Bertz CT molecular complexity index is 920. The zero-order valence-corrected chi connectivity index (χ0v) is 15.6. The number of fused-ring (bicyclic) bond motifs is 1. The van der Waals surface area contributed by atoms with Crippen molar-refractivity contribution in [1.29, 1.82) is 0 Å². The van der Waals surface area contributed by atoms with Gasteiger partial charge in [0.05, 0.1) is 26.2 Å². The highest BCUT2D eigenvalue weighted by Crippen LogP contribution is 2.32. The second kappa shape index (κ2) is 7.69. The molecule has 8 nitrogen and oxygen atoms in total. The van der Waals surface area contributed by atoms with Gasteiger partial charge >= 0.3 is 0 Å². The fraction of sp³-hybridized carbons (Fsp3) is 0.421. The summed E-state index contributed by atoms with van der Waals surface area (Å²) < 4.78 is 10.7. The van der Waals surface area contributed by atoms with E-state index in [2.05, 4.69) is 30.6 Å². The number of hydrogen-bond acceptors (Lipinski definition) is 7. The minimum atomic E-state index is 0.434. The molecule has 0 amide bonds. The first-order chi connectivity index (χ1) is 13.3. The van der Waals surface area contributed by atoms with Crippen molar-refractivity contribution >= 4 is 28.6 Å². The summed E-state index contributed by atoms with van der Waals surface area (Å²) in [5.74, 6) is 2.62. The normalized spacial score (nSPS) is 14.9. The second-order valence-electron chi connectivity index (χ2n) is 6.67. The molecule has 1 aromatic carbocycles. The SMILES string of the molecule is COc1ccc(Nc2nc(NC3CCCCC3)c3[nH]cnc3n2)c(OC)c1. The Morgan fingerprint density at radius 1 is 1.07 bits per heavy atom. The molecule has 8 heteroatoms. The van der Waals surface area contributed by atoms with Crippen molar-refractivity contribution in [3.05, 3.63) is 24.5 Å². The highest BCUT2D eigenvalue weighted by atomic mass is 16.5. The standard InChI is InChI=1S/C19H24N6O2/c1-26-13-8-9-14(15(10-13)27-2)23-19-24-17-16(20-11-21-17)18(25-19)22-12-6-4-3-5-7-12/h8-12H,3-7H2,1-2H3,(H3,20,21,22,23,24,25). The Kier molecular flexibility index (Phi) is 4.95. The largest absolute Gasteiger partial charge is 0.497 e. The monoisotopic (exact) mass is 368 g/mol. The van der Waals surface area contributed by atoms with E-state index >= 15 is 0 Å². The predicted octanol–water partition coefficient (Wildman–Crippen LogP) is 3.86. The maximum Gasteiger partial charge on any atom is 0.231 e. The van der Waals surface area contributed by atoms with Crippen LogP contribution in [0, 0.1) is 0 Å². The number of anilines is 3. The van der Waals surface area contributed by atoms with Gasteiger partial charge in [0.25, 0.3) is 0 Å². The van der Waals surface area contributed by atoms with Gasteiger partial charge in [0, 0.05) is 12.1 Å². The topological polar surface area (TPSA) is 97.0 Å². The Morgan fingerprint density at radius 3 is 2.70 bits per heavy atom. The van der Waals surface area contributed by atoms with Crippen LogP contribution >= 0.6 is 0 Å². The Labute approximate surface area is 157 Å². The van der Waals surface area contributed by atoms with Crippen molar-refractivity contribution < 1.29 is 9.47 Å². The van der Waals surface area contributed by atoms with Crippen LogP contribution in [0.4, 0.5) is 17.5 Å². The summed E-state index contributed by atoms with van der Waals surface area (Å²) in [5.41, 5.74) is 2.21. The maximum atomic E-state index is 5.45. The van der Waals surface area contributed by atoms with Crippen molar-refractivity contribution in [3.63, 3.8) is 0 Å². The summed E-state index contributed by atoms with van der Waals surface area (Å²) in [6.07, 6.45) is 7.78. The van der Waals surface area contributed by atoms with Gasteiger partial charge in [-0.1, -0.05) is 19.3 Å². The predicted molar refractivity (Wildman–Crippen MR) is 105 cm³/mol. The Balaban J connectivity index is 1.64. The lowest BCUT2D eigenvalue weighted by Gasteiger charge is -2.23. The molecule has 0 radical (unpaired) electrons. The Hall–Kier alpha value is -3.03.